The van der Waals surface area contributed by atoms with Gasteiger partial charge in [0.25, 0.3) is 5.91 Å². The molecular weight excluding hydrogens is 224 g/mol. The average Bonchev–Trinajstić information content (AvgIpc) is 2.53. The first-order valence-electron chi connectivity index (χ1n) is 5.70. The van der Waals surface area contributed by atoms with Crippen molar-refractivity contribution in [3.05, 3.63) is 65.2 Å². The molecule has 0 aromatic heterocycles. The number of rotatable bonds is 0. The number of fused-ring (bicyclic) bond motifs is 2. The van der Waals surface area contributed by atoms with E-state index in [9.17, 15) is 10.1 Å². The van der Waals surface area contributed by atoms with Crippen LogP contribution in [0.5, 0.6) is 0 Å². The predicted octanol–water partition coefficient (Wildman–Crippen LogP) is 2.91. The Bertz CT molecular complexity index is 670. The van der Waals surface area contributed by atoms with Crippen LogP contribution in [0.2, 0.25) is 0 Å². The Kier molecular flexibility index (Phi) is 2.35. The highest BCUT2D eigenvalue weighted by molar-refractivity contribution is 6.07. The predicted molar refractivity (Wildman–Crippen MR) is 68.3 cm³/mol. The molecule has 1 N–H and O–H groups in total. The van der Waals surface area contributed by atoms with Gasteiger partial charge in [-0.15, -0.1) is 0 Å². The Morgan fingerprint density at radius 3 is 2.44 bits per heavy atom. The summed E-state index contributed by atoms with van der Waals surface area (Å²) in [5.74, 6) is -0.563. The minimum absolute atomic E-state index is 0.157. The average molecular weight is 234 g/mol. The quantitative estimate of drug-likeness (QED) is 0.762. The van der Waals surface area contributed by atoms with Crippen molar-refractivity contribution in [2.75, 3.05) is 5.32 Å². The Labute approximate surface area is 105 Å². The van der Waals surface area contributed by atoms with Gasteiger partial charge in [0.2, 0.25) is 0 Å². The number of nitrogens with one attached hydrogen (secondary N) is 1. The number of carbonyl (C=O) groups excluding carboxylic acids is 1. The van der Waals surface area contributed by atoms with Gasteiger partial charge in [-0.05, 0) is 23.3 Å². The maximum Gasteiger partial charge on any atom is 0.256 e. The second-order valence-corrected chi connectivity index (χ2v) is 4.19. The molecule has 0 saturated carbocycles. The van der Waals surface area contributed by atoms with Crippen molar-refractivity contribution in [1.82, 2.24) is 0 Å². The smallest absolute Gasteiger partial charge is 0.256 e. The maximum absolute atomic E-state index is 12.1. The molecule has 1 amide bonds. The molecule has 0 aliphatic carbocycles. The molecule has 1 atom stereocenters. The van der Waals surface area contributed by atoms with E-state index < -0.39 is 5.92 Å². The van der Waals surface area contributed by atoms with Crippen molar-refractivity contribution < 1.29 is 4.79 Å². The fraction of sp³-hybridized carbons (Fsp3) is 0.0667. The van der Waals surface area contributed by atoms with E-state index in [2.05, 4.69) is 11.4 Å². The van der Waals surface area contributed by atoms with Gasteiger partial charge in [0.1, 0.15) is 0 Å². The van der Waals surface area contributed by atoms with Crippen LogP contribution in [0.1, 0.15) is 27.4 Å². The van der Waals surface area contributed by atoms with Gasteiger partial charge in [-0.3, -0.25) is 4.79 Å². The number of benzene rings is 2. The number of nitrogens with zero attached hydrogens (tertiary/aromatic N) is 1. The molecule has 1 aliphatic rings. The first-order valence-corrected chi connectivity index (χ1v) is 5.70. The third-order valence-corrected chi connectivity index (χ3v) is 3.17. The van der Waals surface area contributed by atoms with Crippen LogP contribution in [0.3, 0.4) is 0 Å². The summed E-state index contributed by atoms with van der Waals surface area (Å²) < 4.78 is 0. The second kappa shape index (κ2) is 4.01. The molecule has 1 aliphatic heterocycles. The van der Waals surface area contributed by atoms with E-state index in [0.29, 0.717) is 11.3 Å². The molecular formula is C15H10N2O. The number of amides is 1. The summed E-state index contributed by atoms with van der Waals surface area (Å²) in [6.45, 7) is 0. The number of anilines is 1. The highest BCUT2D eigenvalue weighted by Gasteiger charge is 2.26. The summed E-state index contributed by atoms with van der Waals surface area (Å²) in [7, 11) is 0. The molecule has 3 rings (SSSR count). The zero-order valence-corrected chi connectivity index (χ0v) is 9.55. The van der Waals surface area contributed by atoms with Crippen molar-refractivity contribution in [3.63, 3.8) is 0 Å². The van der Waals surface area contributed by atoms with Crippen LogP contribution in [0.25, 0.3) is 0 Å². The topological polar surface area (TPSA) is 52.9 Å². The summed E-state index contributed by atoms with van der Waals surface area (Å²) in [6, 6.07) is 17.0. The second-order valence-electron chi connectivity index (χ2n) is 4.19. The van der Waals surface area contributed by atoms with Gasteiger partial charge in [0.15, 0.2) is 0 Å². The fourth-order valence-corrected chi connectivity index (χ4v) is 2.31. The largest absolute Gasteiger partial charge is 0.322 e. The number of para-hydroxylation sites is 1. The summed E-state index contributed by atoms with van der Waals surface area (Å²) in [5, 5.41) is 12.3. The molecule has 18 heavy (non-hydrogen) atoms. The Hall–Kier alpha value is -2.60. The molecule has 3 nitrogen and oxygen atoms in total. The van der Waals surface area contributed by atoms with Crippen LogP contribution in [-0.2, 0) is 0 Å². The van der Waals surface area contributed by atoms with E-state index in [-0.39, 0.29) is 5.91 Å². The van der Waals surface area contributed by atoms with E-state index >= 15 is 0 Å². The SMILES string of the molecule is N#C[C@@H]1c2ccccc2NC(=O)c2ccccc21. The van der Waals surface area contributed by atoms with Crippen molar-refractivity contribution in [1.29, 1.82) is 5.26 Å². The van der Waals surface area contributed by atoms with Crippen LogP contribution in [0, 0.1) is 11.3 Å². The molecule has 0 unspecified atom stereocenters. The van der Waals surface area contributed by atoms with Gasteiger partial charge in [-0.2, -0.15) is 5.26 Å². The zero-order valence-electron chi connectivity index (χ0n) is 9.55. The van der Waals surface area contributed by atoms with Gasteiger partial charge in [-0.1, -0.05) is 36.4 Å². The summed E-state index contributed by atoms with van der Waals surface area (Å²) in [4.78, 5) is 12.1. The van der Waals surface area contributed by atoms with Gasteiger partial charge in [-0.25, -0.2) is 0 Å². The third-order valence-electron chi connectivity index (χ3n) is 3.17. The zero-order chi connectivity index (χ0) is 12.5. The molecule has 86 valence electrons. The molecule has 2 aromatic carbocycles. The van der Waals surface area contributed by atoms with Crippen molar-refractivity contribution in [3.8, 4) is 6.07 Å². The molecule has 3 heteroatoms. The van der Waals surface area contributed by atoms with Gasteiger partial charge in [0.05, 0.1) is 12.0 Å². The number of hydrogen-bond acceptors (Lipinski definition) is 2. The molecule has 0 fully saturated rings. The molecule has 0 radical (unpaired) electrons. The summed E-state index contributed by atoms with van der Waals surface area (Å²) >= 11 is 0. The number of hydrogen-bond donors (Lipinski definition) is 1. The van der Waals surface area contributed by atoms with E-state index in [1.54, 1.807) is 6.07 Å². The van der Waals surface area contributed by atoms with Gasteiger partial charge >= 0.3 is 0 Å². The Morgan fingerprint density at radius 2 is 1.67 bits per heavy atom. The lowest BCUT2D eigenvalue weighted by Crippen LogP contribution is -2.11. The number of nitriles is 1. The summed E-state index contributed by atoms with van der Waals surface area (Å²) in [5.41, 5.74) is 2.89. The summed E-state index contributed by atoms with van der Waals surface area (Å²) in [6.07, 6.45) is 0. The highest BCUT2D eigenvalue weighted by Crippen LogP contribution is 2.34. The highest BCUT2D eigenvalue weighted by atomic mass is 16.1. The third kappa shape index (κ3) is 1.47. The maximum atomic E-state index is 12.1. The van der Waals surface area contributed by atoms with Crippen LogP contribution >= 0.6 is 0 Å². The fourth-order valence-electron chi connectivity index (χ4n) is 2.31. The lowest BCUT2D eigenvalue weighted by molar-refractivity contribution is 0.102. The minimum Gasteiger partial charge on any atom is -0.322 e. The molecule has 1 heterocycles. The lowest BCUT2D eigenvalue weighted by Gasteiger charge is -2.10. The van der Waals surface area contributed by atoms with Crippen molar-refractivity contribution in [2.24, 2.45) is 0 Å². The molecule has 0 bridgehead atoms. The van der Waals surface area contributed by atoms with Crippen LogP contribution in [0.4, 0.5) is 5.69 Å². The normalized spacial score (nSPS) is 16.8. The van der Waals surface area contributed by atoms with E-state index in [4.69, 9.17) is 0 Å². The van der Waals surface area contributed by atoms with Gasteiger partial charge in [0, 0.05) is 11.3 Å². The molecule has 0 spiro atoms. The first-order chi connectivity index (χ1) is 8.81. The molecule has 0 saturated heterocycles. The van der Waals surface area contributed by atoms with Crippen molar-refractivity contribution >= 4 is 11.6 Å². The van der Waals surface area contributed by atoms with E-state index in [1.807, 2.05) is 42.5 Å². The van der Waals surface area contributed by atoms with Crippen LogP contribution < -0.4 is 5.32 Å². The Morgan fingerprint density at radius 1 is 1.00 bits per heavy atom. The van der Waals surface area contributed by atoms with E-state index in [0.717, 1.165) is 11.1 Å². The van der Waals surface area contributed by atoms with Crippen LogP contribution in [0.15, 0.2) is 48.5 Å². The number of carbonyl (C=O) groups is 1. The first kappa shape index (κ1) is 10.5. The van der Waals surface area contributed by atoms with Gasteiger partial charge < -0.3 is 5.32 Å². The standard InChI is InChI=1S/C15H10N2O/c16-9-13-10-5-1-2-7-12(10)15(18)17-14-8-4-3-6-11(13)14/h1-8,13H,(H,17,18)/t13-/m0/s1. The molecule has 2 aromatic rings. The Balaban J connectivity index is 2.31. The lowest BCUT2D eigenvalue weighted by atomic mass is 9.89. The van der Waals surface area contributed by atoms with Crippen LogP contribution in [-0.4, -0.2) is 5.91 Å². The minimum atomic E-state index is -0.406. The van der Waals surface area contributed by atoms with Crippen molar-refractivity contribution in [2.45, 2.75) is 5.92 Å². The van der Waals surface area contributed by atoms with E-state index in [1.165, 1.54) is 0 Å². The monoisotopic (exact) mass is 234 g/mol.